The Kier molecular flexibility index (Phi) is 7.43. The van der Waals surface area contributed by atoms with Crippen molar-refractivity contribution in [1.82, 2.24) is 15.3 Å². The smallest absolute Gasteiger partial charge is 0.344 e. The number of rotatable bonds is 11. The number of hydrogen-bond acceptors (Lipinski definition) is 5. The number of ether oxygens (including phenoxy) is 1. The molecule has 0 aliphatic heterocycles. The average Bonchev–Trinajstić information content (AvgIpc) is 3.16. The van der Waals surface area contributed by atoms with E-state index >= 15 is 0 Å². The summed E-state index contributed by atoms with van der Waals surface area (Å²) in [7, 11) is 0. The summed E-state index contributed by atoms with van der Waals surface area (Å²) >= 11 is 0. The Labute approximate surface area is 176 Å². The number of aliphatic hydroxyl groups excluding tert-OH is 1. The van der Waals surface area contributed by atoms with Crippen molar-refractivity contribution in [3.05, 3.63) is 60.0 Å². The molecule has 4 N–H and O–H groups in total. The van der Waals surface area contributed by atoms with Gasteiger partial charge in [-0.2, -0.15) is 0 Å². The molecule has 0 saturated carbocycles. The molecule has 0 saturated heterocycles. The van der Waals surface area contributed by atoms with E-state index in [-0.39, 0.29) is 6.04 Å². The standard InChI is InChI=1S/C23H29N3O4/c1-3-6-21(23(28)29)30-20-9-4-8-18-17(13-26-22(18)20)11-15(2)25-14-19(27)16-7-5-10-24-12-16/h4-5,7-10,12-13,15,19,21,25-27H,3,6,11,14H2,1-2H3,(H,28,29)/t15-,19-,21+/m1/s1. The maximum absolute atomic E-state index is 11.4. The number of aromatic amines is 1. The van der Waals surface area contributed by atoms with E-state index in [0.29, 0.717) is 18.7 Å². The fourth-order valence-corrected chi connectivity index (χ4v) is 3.51. The van der Waals surface area contributed by atoms with Crippen LogP contribution in [0.3, 0.4) is 0 Å². The fourth-order valence-electron chi connectivity index (χ4n) is 3.51. The Bertz CT molecular complexity index is 957. The van der Waals surface area contributed by atoms with Crippen molar-refractivity contribution in [2.45, 2.75) is 51.4 Å². The third-order valence-corrected chi connectivity index (χ3v) is 5.11. The predicted octanol–water partition coefficient (Wildman–Crippen LogP) is 3.45. The van der Waals surface area contributed by atoms with Gasteiger partial charge in [0.25, 0.3) is 0 Å². The Morgan fingerprint density at radius 1 is 1.30 bits per heavy atom. The number of carboxylic acids is 1. The third kappa shape index (κ3) is 5.37. The number of nitrogens with zero attached hydrogens (tertiary/aromatic N) is 1. The third-order valence-electron chi connectivity index (χ3n) is 5.11. The monoisotopic (exact) mass is 411 g/mol. The largest absolute Gasteiger partial charge is 0.479 e. The van der Waals surface area contributed by atoms with Crippen LogP contribution < -0.4 is 10.1 Å². The van der Waals surface area contributed by atoms with Gasteiger partial charge in [-0.25, -0.2) is 4.79 Å². The quantitative estimate of drug-likeness (QED) is 0.385. The number of aliphatic hydroxyl groups is 1. The van der Waals surface area contributed by atoms with Gasteiger partial charge in [-0.05, 0) is 37.5 Å². The molecule has 3 rings (SSSR count). The van der Waals surface area contributed by atoms with Gasteiger partial charge in [-0.15, -0.1) is 0 Å². The molecule has 0 spiro atoms. The van der Waals surface area contributed by atoms with Gasteiger partial charge in [0.2, 0.25) is 0 Å². The van der Waals surface area contributed by atoms with Gasteiger partial charge in [0.15, 0.2) is 6.10 Å². The summed E-state index contributed by atoms with van der Waals surface area (Å²) in [4.78, 5) is 18.7. The van der Waals surface area contributed by atoms with Gasteiger partial charge in [-0.3, -0.25) is 4.98 Å². The second-order valence-corrected chi connectivity index (χ2v) is 7.54. The summed E-state index contributed by atoms with van der Waals surface area (Å²) in [5, 5.41) is 24.1. The molecule has 30 heavy (non-hydrogen) atoms. The molecule has 0 bridgehead atoms. The lowest BCUT2D eigenvalue weighted by molar-refractivity contribution is -0.145. The van der Waals surface area contributed by atoms with E-state index in [1.807, 2.05) is 37.4 Å². The summed E-state index contributed by atoms with van der Waals surface area (Å²) < 4.78 is 5.79. The fraction of sp³-hybridized carbons (Fsp3) is 0.391. The van der Waals surface area contributed by atoms with Crippen LogP contribution in [0, 0.1) is 0 Å². The number of fused-ring (bicyclic) bond motifs is 1. The number of benzene rings is 1. The van der Waals surface area contributed by atoms with Gasteiger partial charge in [0, 0.05) is 42.1 Å². The molecule has 2 heterocycles. The summed E-state index contributed by atoms with van der Waals surface area (Å²) in [6.07, 6.45) is 5.75. The van der Waals surface area contributed by atoms with Gasteiger partial charge < -0.3 is 25.3 Å². The van der Waals surface area contributed by atoms with E-state index in [4.69, 9.17) is 4.74 Å². The zero-order valence-corrected chi connectivity index (χ0v) is 17.3. The first-order chi connectivity index (χ1) is 14.5. The summed E-state index contributed by atoms with van der Waals surface area (Å²) in [5.74, 6) is -0.405. The molecule has 0 fully saturated rings. The number of H-pyrrole nitrogens is 1. The molecule has 7 heteroatoms. The highest BCUT2D eigenvalue weighted by atomic mass is 16.5. The Morgan fingerprint density at radius 3 is 2.83 bits per heavy atom. The second kappa shape index (κ2) is 10.2. The highest BCUT2D eigenvalue weighted by Crippen LogP contribution is 2.29. The first-order valence-corrected chi connectivity index (χ1v) is 10.3. The Morgan fingerprint density at radius 2 is 2.13 bits per heavy atom. The lowest BCUT2D eigenvalue weighted by Gasteiger charge is -2.17. The molecule has 1 aromatic carbocycles. The van der Waals surface area contributed by atoms with Gasteiger partial charge >= 0.3 is 5.97 Å². The van der Waals surface area contributed by atoms with E-state index in [1.165, 1.54) is 0 Å². The number of pyridine rings is 1. The number of nitrogens with one attached hydrogen (secondary N) is 2. The van der Waals surface area contributed by atoms with E-state index in [0.717, 1.165) is 34.9 Å². The van der Waals surface area contributed by atoms with Crippen molar-refractivity contribution in [2.75, 3.05) is 6.54 Å². The van der Waals surface area contributed by atoms with Gasteiger partial charge in [0.1, 0.15) is 5.75 Å². The molecule has 0 aliphatic carbocycles. The van der Waals surface area contributed by atoms with Crippen molar-refractivity contribution in [3.8, 4) is 5.75 Å². The van der Waals surface area contributed by atoms with Gasteiger partial charge in [0.05, 0.1) is 11.6 Å². The lowest BCUT2D eigenvalue weighted by atomic mass is 10.1. The zero-order chi connectivity index (χ0) is 21.5. The molecule has 7 nitrogen and oxygen atoms in total. The van der Waals surface area contributed by atoms with Crippen molar-refractivity contribution in [1.29, 1.82) is 0 Å². The van der Waals surface area contributed by atoms with Crippen molar-refractivity contribution >= 4 is 16.9 Å². The zero-order valence-electron chi connectivity index (χ0n) is 17.3. The van der Waals surface area contributed by atoms with E-state index in [1.54, 1.807) is 18.5 Å². The van der Waals surface area contributed by atoms with Crippen LogP contribution in [-0.4, -0.2) is 44.8 Å². The van der Waals surface area contributed by atoms with Crippen LogP contribution in [0.5, 0.6) is 5.75 Å². The molecule has 0 aliphatic rings. The Balaban J connectivity index is 1.66. The first-order valence-electron chi connectivity index (χ1n) is 10.3. The molecule has 0 amide bonds. The van der Waals surface area contributed by atoms with E-state index in [9.17, 15) is 15.0 Å². The van der Waals surface area contributed by atoms with Crippen LogP contribution in [0.4, 0.5) is 0 Å². The van der Waals surface area contributed by atoms with Gasteiger partial charge in [-0.1, -0.05) is 31.5 Å². The van der Waals surface area contributed by atoms with Crippen molar-refractivity contribution in [3.63, 3.8) is 0 Å². The van der Waals surface area contributed by atoms with Crippen LogP contribution in [0.1, 0.15) is 43.9 Å². The summed E-state index contributed by atoms with van der Waals surface area (Å²) in [5.41, 5.74) is 2.69. The Hall–Kier alpha value is -2.90. The number of aromatic nitrogens is 2. The number of hydrogen-bond donors (Lipinski definition) is 4. The molecular formula is C23H29N3O4. The minimum Gasteiger partial charge on any atom is -0.479 e. The highest BCUT2D eigenvalue weighted by molar-refractivity contribution is 5.88. The molecule has 160 valence electrons. The maximum Gasteiger partial charge on any atom is 0.344 e. The van der Waals surface area contributed by atoms with Crippen LogP contribution >= 0.6 is 0 Å². The van der Waals surface area contributed by atoms with Crippen LogP contribution in [0.2, 0.25) is 0 Å². The lowest BCUT2D eigenvalue weighted by Crippen LogP contribution is -2.32. The molecule has 0 unspecified atom stereocenters. The second-order valence-electron chi connectivity index (χ2n) is 7.54. The predicted molar refractivity (Wildman–Crippen MR) is 116 cm³/mol. The minimum atomic E-state index is -0.953. The minimum absolute atomic E-state index is 0.131. The number of carbonyl (C=O) groups is 1. The number of carboxylic acid groups (broad SMARTS) is 1. The SMILES string of the molecule is CCC[C@H](Oc1cccc2c(C[C@@H](C)NC[C@@H](O)c3cccnc3)c[nH]c12)C(=O)O. The number of aliphatic carboxylic acids is 1. The van der Waals surface area contributed by atoms with Crippen LogP contribution in [0.15, 0.2) is 48.9 Å². The molecule has 3 aromatic rings. The molecular weight excluding hydrogens is 382 g/mol. The van der Waals surface area contributed by atoms with E-state index in [2.05, 4.69) is 22.2 Å². The topological polar surface area (TPSA) is 107 Å². The van der Waals surface area contributed by atoms with Crippen LogP contribution in [-0.2, 0) is 11.2 Å². The summed E-state index contributed by atoms with van der Waals surface area (Å²) in [6, 6.07) is 9.47. The first kappa shape index (κ1) is 21.8. The molecule has 0 radical (unpaired) electrons. The number of para-hydroxylation sites is 1. The van der Waals surface area contributed by atoms with Crippen molar-refractivity contribution in [2.24, 2.45) is 0 Å². The molecule has 2 aromatic heterocycles. The van der Waals surface area contributed by atoms with E-state index < -0.39 is 18.2 Å². The summed E-state index contributed by atoms with van der Waals surface area (Å²) in [6.45, 7) is 4.43. The highest BCUT2D eigenvalue weighted by Gasteiger charge is 2.20. The average molecular weight is 412 g/mol. The van der Waals surface area contributed by atoms with Crippen molar-refractivity contribution < 1.29 is 19.7 Å². The maximum atomic E-state index is 11.4. The normalized spacial score (nSPS) is 14.4. The van der Waals surface area contributed by atoms with Crippen LogP contribution in [0.25, 0.3) is 10.9 Å². The molecule has 3 atom stereocenters.